The third kappa shape index (κ3) is 1.10. The molecule has 1 aliphatic heterocycles. The zero-order valence-electron chi connectivity index (χ0n) is 6.68. The number of nitrogens with two attached hydrogens (primary N) is 1. The quantitative estimate of drug-likeness (QED) is 0.490. The Morgan fingerprint density at radius 2 is 2.33 bits per heavy atom. The predicted molar refractivity (Wildman–Crippen MR) is 46.9 cm³/mol. The van der Waals surface area contributed by atoms with E-state index in [2.05, 4.69) is 10.3 Å². The van der Waals surface area contributed by atoms with Crippen LogP contribution in [0.1, 0.15) is 11.3 Å². The van der Waals surface area contributed by atoms with Crippen molar-refractivity contribution in [3.63, 3.8) is 0 Å². The minimum absolute atomic E-state index is 0.171. The van der Waals surface area contributed by atoms with Gasteiger partial charge >= 0.3 is 0 Å². The first-order chi connectivity index (χ1) is 5.77. The van der Waals surface area contributed by atoms with Crippen LogP contribution in [0.15, 0.2) is 10.9 Å². The van der Waals surface area contributed by atoms with Gasteiger partial charge in [0.1, 0.15) is 0 Å². The fourth-order valence-electron chi connectivity index (χ4n) is 1.45. The molecule has 0 amide bonds. The lowest BCUT2D eigenvalue weighted by Crippen LogP contribution is -2.27. The minimum Gasteiger partial charge on any atom is -0.394 e. The van der Waals surface area contributed by atoms with E-state index in [1.165, 1.54) is 0 Å². The van der Waals surface area contributed by atoms with Crippen LogP contribution in [0.3, 0.4) is 0 Å². The van der Waals surface area contributed by atoms with E-state index in [0.29, 0.717) is 5.69 Å². The summed E-state index contributed by atoms with van der Waals surface area (Å²) in [5.41, 5.74) is 7.74. The molecule has 2 rings (SSSR count). The average Bonchev–Trinajstić information content (AvgIpc) is 2.07. The molecule has 0 atom stereocenters. The Balaban J connectivity index is 2.56. The van der Waals surface area contributed by atoms with Gasteiger partial charge in [-0.3, -0.25) is 4.79 Å². The van der Waals surface area contributed by atoms with Gasteiger partial charge in [-0.2, -0.15) is 0 Å². The van der Waals surface area contributed by atoms with Crippen molar-refractivity contribution in [2.24, 2.45) is 0 Å². The molecule has 0 saturated carbocycles. The predicted octanol–water partition coefficient (Wildman–Crippen LogP) is -0.397. The van der Waals surface area contributed by atoms with Gasteiger partial charge < -0.3 is 16.0 Å². The highest BCUT2D eigenvalue weighted by Gasteiger charge is 2.10. The van der Waals surface area contributed by atoms with E-state index >= 15 is 0 Å². The maximum Gasteiger partial charge on any atom is 0.271 e. The van der Waals surface area contributed by atoms with Crippen molar-refractivity contribution in [1.29, 1.82) is 0 Å². The van der Waals surface area contributed by atoms with Gasteiger partial charge in [-0.25, -0.2) is 0 Å². The SMILES string of the molecule is Nc1cc2c([nH]c1=O)CCNC2. The lowest BCUT2D eigenvalue weighted by atomic mass is 10.1. The van der Waals surface area contributed by atoms with Gasteiger partial charge in [0.15, 0.2) is 0 Å². The molecule has 2 heterocycles. The van der Waals surface area contributed by atoms with Crippen molar-refractivity contribution >= 4 is 5.69 Å². The van der Waals surface area contributed by atoms with Crippen LogP contribution in [-0.2, 0) is 13.0 Å². The molecule has 4 heteroatoms. The first kappa shape index (κ1) is 7.36. The summed E-state index contributed by atoms with van der Waals surface area (Å²) >= 11 is 0. The maximum absolute atomic E-state index is 11.1. The molecular formula is C8H11N3O. The molecule has 0 spiro atoms. The van der Waals surface area contributed by atoms with Gasteiger partial charge in [-0.15, -0.1) is 0 Å². The Bertz CT molecular complexity index is 356. The third-order valence-electron chi connectivity index (χ3n) is 2.11. The zero-order valence-corrected chi connectivity index (χ0v) is 6.68. The van der Waals surface area contributed by atoms with Crippen LogP contribution in [0.2, 0.25) is 0 Å². The Morgan fingerprint density at radius 1 is 1.50 bits per heavy atom. The number of aromatic nitrogens is 1. The Morgan fingerprint density at radius 3 is 3.17 bits per heavy atom. The second-order valence-electron chi connectivity index (χ2n) is 2.98. The molecule has 4 N–H and O–H groups in total. The Labute approximate surface area is 69.8 Å². The van der Waals surface area contributed by atoms with E-state index in [1.54, 1.807) is 6.07 Å². The van der Waals surface area contributed by atoms with Crippen LogP contribution in [0.4, 0.5) is 5.69 Å². The largest absolute Gasteiger partial charge is 0.394 e. The molecule has 0 saturated heterocycles. The van der Waals surface area contributed by atoms with Gasteiger partial charge in [0.25, 0.3) is 5.56 Å². The molecule has 1 aromatic rings. The highest BCUT2D eigenvalue weighted by Crippen LogP contribution is 2.10. The number of fused-ring (bicyclic) bond motifs is 1. The Kier molecular flexibility index (Phi) is 1.62. The maximum atomic E-state index is 11.1. The normalized spacial score (nSPS) is 15.7. The summed E-state index contributed by atoms with van der Waals surface area (Å²) in [6.07, 6.45) is 0.880. The monoisotopic (exact) mass is 165 g/mol. The first-order valence-corrected chi connectivity index (χ1v) is 3.98. The molecule has 12 heavy (non-hydrogen) atoms. The fraction of sp³-hybridized carbons (Fsp3) is 0.375. The minimum atomic E-state index is -0.171. The molecule has 0 bridgehead atoms. The molecule has 1 aliphatic rings. The van der Waals surface area contributed by atoms with Crippen molar-refractivity contribution in [3.8, 4) is 0 Å². The van der Waals surface area contributed by atoms with E-state index < -0.39 is 0 Å². The van der Waals surface area contributed by atoms with E-state index in [1.807, 2.05) is 0 Å². The van der Waals surface area contributed by atoms with Gasteiger partial charge in [0, 0.05) is 25.2 Å². The van der Waals surface area contributed by atoms with E-state index in [9.17, 15) is 4.79 Å². The molecule has 0 unspecified atom stereocenters. The smallest absolute Gasteiger partial charge is 0.271 e. The number of hydrogen-bond donors (Lipinski definition) is 3. The van der Waals surface area contributed by atoms with Crippen LogP contribution in [0.5, 0.6) is 0 Å². The molecular weight excluding hydrogens is 154 g/mol. The van der Waals surface area contributed by atoms with Gasteiger partial charge in [0.2, 0.25) is 0 Å². The van der Waals surface area contributed by atoms with Gasteiger partial charge in [-0.1, -0.05) is 0 Å². The number of nitrogen functional groups attached to an aromatic ring is 1. The summed E-state index contributed by atoms with van der Waals surface area (Å²) in [5, 5.41) is 3.21. The number of hydrogen-bond acceptors (Lipinski definition) is 3. The number of pyridine rings is 1. The zero-order chi connectivity index (χ0) is 8.55. The van der Waals surface area contributed by atoms with Crippen LogP contribution < -0.4 is 16.6 Å². The first-order valence-electron chi connectivity index (χ1n) is 3.98. The summed E-state index contributed by atoms with van der Waals surface area (Å²) in [6.45, 7) is 1.73. The second-order valence-corrected chi connectivity index (χ2v) is 2.98. The lowest BCUT2D eigenvalue weighted by molar-refractivity contribution is 0.629. The standard InChI is InChI=1S/C8H11N3O/c9-6-3-5-4-10-2-1-7(5)11-8(6)12/h3,10H,1-2,4,9H2,(H,11,12). The van der Waals surface area contributed by atoms with E-state index in [0.717, 1.165) is 30.8 Å². The number of rotatable bonds is 0. The summed E-state index contributed by atoms with van der Waals surface area (Å²) in [5.74, 6) is 0. The highest BCUT2D eigenvalue weighted by molar-refractivity contribution is 5.40. The summed E-state index contributed by atoms with van der Waals surface area (Å²) in [6, 6.07) is 1.75. The molecule has 0 fully saturated rings. The molecule has 0 aliphatic carbocycles. The van der Waals surface area contributed by atoms with E-state index in [4.69, 9.17) is 5.73 Å². The molecule has 1 aromatic heterocycles. The number of aromatic amines is 1. The topological polar surface area (TPSA) is 70.9 Å². The van der Waals surface area contributed by atoms with Crippen molar-refractivity contribution in [1.82, 2.24) is 10.3 Å². The highest BCUT2D eigenvalue weighted by atomic mass is 16.1. The van der Waals surface area contributed by atoms with Crippen molar-refractivity contribution in [2.45, 2.75) is 13.0 Å². The number of anilines is 1. The van der Waals surface area contributed by atoms with Crippen molar-refractivity contribution in [3.05, 3.63) is 27.7 Å². The number of nitrogens with one attached hydrogen (secondary N) is 2. The van der Waals surface area contributed by atoms with Gasteiger partial charge in [0.05, 0.1) is 5.69 Å². The van der Waals surface area contributed by atoms with Crippen LogP contribution in [0, 0.1) is 0 Å². The molecule has 4 nitrogen and oxygen atoms in total. The molecule has 0 radical (unpaired) electrons. The van der Waals surface area contributed by atoms with Crippen molar-refractivity contribution in [2.75, 3.05) is 12.3 Å². The van der Waals surface area contributed by atoms with Crippen molar-refractivity contribution < 1.29 is 0 Å². The fourth-order valence-corrected chi connectivity index (χ4v) is 1.45. The number of H-pyrrole nitrogens is 1. The van der Waals surface area contributed by atoms with Crippen LogP contribution in [0.25, 0.3) is 0 Å². The van der Waals surface area contributed by atoms with Gasteiger partial charge in [-0.05, 0) is 11.6 Å². The molecule has 0 aromatic carbocycles. The van der Waals surface area contributed by atoms with E-state index in [-0.39, 0.29) is 5.56 Å². The lowest BCUT2D eigenvalue weighted by Gasteiger charge is -2.16. The third-order valence-corrected chi connectivity index (χ3v) is 2.11. The summed E-state index contributed by atoms with van der Waals surface area (Å²) in [4.78, 5) is 13.9. The summed E-state index contributed by atoms with van der Waals surface area (Å²) in [7, 11) is 0. The average molecular weight is 165 g/mol. The molecule has 64 valence electrons. The Hall–Kier alpha value is -1.29. The van der Waals surface area contributed by atoms with Crippen LogP contribution in [-0.4, -0.2) is 11.5 Å². The summed E-state index contributed by atoms with van der Waals surface area (Å²) < 4.78 is 0. The van der Waals surface area contributed by atoms with Crippen LogP contribution >= 0.6 is 0 Å². The second kappa shape index (κ2) is 2.64.